The second kappa shape index (κ2) is 9.93. The molecule has 0 radical (unpaired) electrons. The number of pyridine rings is 1. The van der Waals surface area contributed by atoms with E-state index in [1.54, 1.807) is 30.3 Å². The van der Waals surface area contributed by atoms with Crippen molar-refractivity contribution in [1.82, 2.24) is 24.7 Å². The average molecular weight is 569 g/mol. The summed E-state index contributed by atoms with van der Waals surface area (Å²) >= 11 is 2.64. The van der Waals surface area contributed by atoms with Crippen LogP contribution in [0.25, 0.3) is 22.6 Å². The molecule has 3 heterocycles. The molecule has 0 spiro atoms. The monoisotopic (exact) mass is 568 g/mol. The van der Waals surface area contributed by atoms with Gasteiger partial charge in [-0.3, -0.25) is 5.32 Å². The summed E-state index contributed by atoms with van der Waals surface area (Å²) in [4.78, 5) is 24.5. The fraction of sp³-hybridized carbons (Fsp3) is 0.190. The van der Waals surface area contributed by atoms with Crippen molar-refractivity contribution in [1.29, 1.82) is 0 Å². The van der Waals surface area contributed by atoms with Gasteiger partial charge in [0.15, 0.2) is 23.1 Å². The number of fused-ring (bicyclic) bond motifs is 1. The minimum atomic E-state index is -4.78. The first-order valence-corrected chi connectivity index (χ1v) is 11.3. The van der Waals surface area contributed by atoms with Crippen LogP contribution in [0.5, 0.6) is 0 Å². The first-order valence-electron chi connectivity index (χ1n) is 10.2. The molecule has 0 fully saturated rings. The van der Waals surface area contributed by atoms with E-state index in [0.29, 0.717) is 16.6 Å². The molecule has 1 atom stereocenters. The highest BCUT2D eigenvalue weighted by molar-refractivity contribution is 9.09. The number of nitrogens with zero attached hydrogens (tertiary/aromatic N) is 5. The van der Waals surface area contributed by atoms with E-state index in [2.05, 4.69) is 40.7 Å². The molecule has 4 rings (SSSR count). The highest BCUT2D eigenvalue weighted by Gasteiger charge is 2.42. The Bertz CT molecular complexity index is 1410. The van der Waals surface area contributed by atoms with E-state index in [9.17, 15) is 22.4 Å². The number of amides is 1. The fourth-order valence-electron chi connectivity index (χ4n) is 3.25. The number of anilines is 3. The molecular formula is C21H17BrF4N8O2. The molecule has 0 saturated heterocycles. The third kappa shape index (κ3) is 5.15. The third-order valence-corrected chi connectivity index (χ3v) is 5.53. The summed E-state index contributed by atoms with van der Waals surface area (Å²) in [5, 5.41) is 6.34. The van der Waals surface area contributed by atoms with Gasteiger partial charge in [0.25, 0.3) is 0 Å². The first kappa shape index (κ1) is 25.1. The quantitative estimate of drug-likeness (QED) is 0.232. The lowest BCUT2D eigenvalue weighted by Gasteiger charge is -2.19. The van der Waals surface area contributed by atoms with Gasteiger partial charge in [0.2, 0.25) is 6.10 Å². The van der Waals surface area contributed by atoms with Gasteiger partial charge in [-0.1, -0.05) is 34.1 Å². The Balaban J connectivity index is 1.66. The molecule has 0 aliphatic heterocycles. The van der Waals surface area contributed by atoms with Gasteiger partial charge in [0.05, 0.1) is 11.9 Å². The zero-order chi connectivity index (χ0) is 26.0. The minimum absolute atomic E-state index is 0.0390. The van der Waals surface area contributed by atoms with E-state index in [0.717, 1.165) is 0 Å². The summed E-state index contributed by atoms with van der Waals surface area (Å²) in [5.74, 6) is -1.13. The highest BCUT2D eigenvalue weighted by Crippen LogP contribution is 2.31. The molecule has 0 saturated carbocycles. The normalized spacial score (nSPS) is 12.5. The van der Waals surface area contributed by atoms with Crippen molar-refractivity contribution in [3.63, 3.8) is 0 Å². The number of hydrogen-bond donors (Lipinski definition) is 3. The Hall–Kier alpha value is -4.01. The van der Waals surface area contributed by atoms with Crippen LogP contribution in [0.4, 0.5) is 39.7 Å². The maximum atomic E-state index is 14.2. The predicted molar refractivity (Wildman–Crippen MR) is 127 cm³/mol. The van der Waals surface area contributed by atoms with Gasteiger partial charge in [-0.25, -0.2) is 28.8 Å². The number of nitrogen functional groups attached to an aromatic ring is 2. The standard InChI is InChI=1S/C21H17BrF4N8O2/c22-8-13(21(24,25)26)36-20(35)30-15-16(27)31-18(32-17(15)28)14-11-5-3-7-29-19(11)34(33-14)9-10-4-1-2-6-12(10)23/h1-7,13H,8-9H2,(H,30,35)(H4,27,28,31,32). The lowest BCUT2D eigenvalue weighted by Crippen LogP contribution is -2.36. The van der Waals surface area contributed by atoms with Crippen molar-refractivity contribution < 1.29 is 27.1 Å². The van der Waals surface area contributed by atoms with Crippen molar-refractivity contribution in [3.05, 3.63) is 54.0 Å². The fourth-order valence-corrected chi connectivity index (χ4v) is 3.75. The summed E-state index contributed by atoms with van der Waals surface area (Å²) in [6.07, 6.45) is -7.09. The smallest absolute Gasteiger partial charge is 0.426 e. The Morgan fingerprint density at radius 3 is 2.47 bits per heavy atom. The van der Waals surface area contributed by atoms with Crippen molar-refractivity contribution in [2.24, 2.45) is 0 Å². The molecule has 15 heteroatoms. The van der Waals surface area contributed by atoms with E-state index in [-0.39, 0.29) is 35.4 Å². The average Bonchev–Trinajstić information content (AvgIpc) is 3.19. The summed E-state index contributed by atoms with van der Waals surface area (Å²) in [6.45, 7) is 0.0601. The van der Waals surface area contributed by atoms with Crippen LogP contribution in [0.2, 0.25) is 0 Å². The predicted octanol–water partition coefficient (Wildman–Crippen LogP) is 4.11. The van der Waals surface area contributed by atoms with Gasteiger partial charge >= 0.3 is 12.3 Å². The van der Waals surface area contributed by atoms with E-state index in [4.69, 9.17) is 11.5 Å². The number of ether oxygens (including phenoxy) is 1. The number of halogens is 5. The van der Waals surface area contributed by atoms with Gasteiger partial charge in [-0.15, -0.1) is 0 Å². The second-order valence-electron chi connectivity index (χ2n) is 7.38. The largest absolute Gasteiger partial charge is 0.435 e. The Morgan fingerprint density at radius 2 is 1.83 bits per heavy atom. The molecule has 0 aliphatic rings. The van der Waals surface area contributed by atoms with E-state index < -0.39 is 29.5 Å². The molecule has 0 bridgehead atoms. The Morgan fingerprint density at radius 1 is 1.14 bits per heavy atom. The van der Waals surface area contributed by atoms with Crippen LogP contribution < -0.4 is 16.8 Å². The van der Waals surface area contributed by atoms with E-state index in [1.165, 1.54) is 16.9 Å². The lowest BCUT2D eigenvalue weighted by atomic mass is 10.2. The van der Waals surface area contributed by atoms with Gasteiger partial charge < -0.3 is 16.2 Å². The van der Waals surface area contributed by atoms with Crippen LogP contribution in [0.3, 0.4) is 0 Å². The molecular weight excluding hydrogens is 552 g/mol. The first-order chi connectivity index (χ1) is 17.1. The second-order valence-corrected chi connectivity index (χ2v) is 8.03. The number of alkyl halides is 4. The van der Waals surface area contributed by atoms with Gasteiger partial charge in [0, 0.05) is 17.1 Å². The number of carbonyl (C=O) groups is 1. The molecule has 10 nitrogen and oxygen atoms in total. The van der Waals surface area contributed by atoms with E-state index >= 15 is 0 Å². The van der Waals surface area contributed by atoms with Crippen LogP contribution in [-0.2, 0) is 11.3 Å². The van der Waals surface area contributed by atoms with E-state index in [1.807, 2.05) is 5.32 Å². The van der Waals surface area contributed by atoms with Crippen LogP contribution in [0, 0.1) is 5.82 Å². The van der Waals surface area contributed by atoms with Crippen LogP contribution in [0.15, 0.2) is 42.6 Å². The van der Waals surface area contributed by atoms with Crippen molar-refractivity contribution in [3.8, 4) is 11.5 Å². The molecule has 1 aromatic carbocycles. The van der Waals surface area contributed by atoms with Gasteiger partial charge in [-0.05, 0) is 18.2 Å². The number of nitrogens with two attached hydrogens (primary N) is 2. The minimum Gasteiger partial charge on any atom is -0.435 e. The maximum Gasteiger partial charge on any atom is 0.426 e. The molecule has 4 aromatic rings. The Labute approximate surface area is 208 Å². The molecule has 188 valence electrons. The Kier molecular flexibility index (Phi) is 6.92. The number of aromatic nitrogens is 5. The highest BCUT2D eigenvalue weighted by atomic mass is 79.9. The van der Waals surface area contributed by atoms with Crippen LogP contribution in [0.1, 0.15) is 5.56 Å². The maximum absolute atomic E-state index is 14.2. The summed E-state index contributed by atoms with van der Waals surface area (Å²) in [6, 6.07) is 9.54. The number of hydrogen-bond acceptors (Lipinski definition) is 8. The molecule has 3 aromatic heterocycles. The van der Waals surface area contributed by atoms with Crippen LogP contribution >= 0.6 is 15.9 Å². The topological polar surface area (TPSA) is 147 Å². The molecule has 1 unspecified atom stereocenters. The number of carbonyl (C=O) groups excluding carboxylic acids is 1. The molecule has 36 heavy (non-hydrogen) atoms. The molecule has 5 N–H and O–H groups in total. The number of rotatable bonds is 6. The molecule has 1 amide bonds. The third-order valence-electron chi connectivity index (χ3n) is 4.94. The number of benzene rings is 1. The number of nitrogens with one attached hydrogen (secondary N) is 1. The van der Waals surface area contributed by atoms with Crippen molar-refractivity contribution >= 4 is 50.4 Å². The van der Waals surface area contributed by atoms with Crippen LogP contribution in [-0.4, -0.2) is 48.4 Å². The SMILES string of the molecule is Nc1nc(-c2nn(Cc3ccccc3F)c3ncccc23)nc(N)c1NC(=O)OC(CBr)C(F)(F)F. The summed E-state index contributed by atoms with van der Waals surface area (Å²) < 4.78 is 58.6. The zero-order valence-electron chi connectivity index (χ0n) is 18.1. The van der Waals surface area contributed by atoms with Gasteiger partial charge in [-0.2, -0.15) is 18.3 Å². The van der Waals surface area contributed by atoms with Crippen molar-refractivity contribution in [2.75, 3.05) is 22.1 Å². The van der Waals surface area contributed by atoms with Gasteiger partial charge in [0.1, 0.15) is 17.2 Å². The molecule has 0 aliphatic carbocycles. The summed E-state index contributed by atoms with van der Waals surface area (Å²) in [5.41, 5.74) is 12.5. The zero-order valence-corrected chi connectivity index (χ0v) is 19.7. The van der Waals surface area contributed by atoms with Crippen molar-refractivity contribution in [2.45, 2.75) is 18.8 Å². The summed E-state index contributed by atoms with van der Waals surface area (Å²) in [7, 11) is 0. The lowest BCUT2D eigenvalue weighted by molar-refractivity contribution is -0.194.